The summed E-state index contributed by atoms with van der Waals surface area (Å²) in [4.78, 5) is 0. The van der Waals surface area contributed by atoms with E-state index in [1.54, 1.807) is 0 Å². The van der Waals surface area contributed by atoms with Gasteiger partial charge in [-0.05, 0) is 82.3 Å². The van der Waals surface area contributed by atoms with Crippen LogP contribution in [0.2, 0.25) is 0 Å². The van der Waals surface area contributed by atoms with Crippen molar-refractivity contribution in [3.05, 3.63) is 121 Å². The van der Waals surface area contributed by atoms with Crippen LogP contribution in [0.3, 0.4) is 0 Å². The van der Waals surface area contributed by atoms with Crippen LogP contribution in [0.5, 0.6) is 17.2 Å². The molecule has 74 heavy (non-hydrogen) atoms. The van der Waals surface area contributed by atoms with E-state index in [4.69, 9.17) is 27.1 Å². The van der Waals surface area contributed by atoms with Crippen molar-refractivity contribution in [2.24, 2.45) is 5.41 Å². The van der Waals surface area contributed by atoms with Crippen LogP contribution >= 0.6 is 17.2 Å². The molecule has 6 rings (SSSR count). The van der Waals surface area contributed by atoms with Crippen molar-refractivity contribution in [3.8, 4) is 17.2 Å². The Morgan fingerprint density at radius 3 is 0.973 bits per heavy atom. The van der Waals surface area contributed by atoms with Crippen molar-refractivity contribution >= 4 is 17.2 Å². The summed E-state index contributed by atoms with van der Waals surface area (Å²) in [6.07, 6.45) is 0. The molecule has 4 aromatic carbocycles. The third kappa shape index (κ3) is 13.6. The second-order valence-electron chi connectivity index (χ2n) is 30.4. The average molecular weight is 1050 g/mol. The number of hydrogen-bond acceptors (Lipinski definition) is 7. The van der Waals surface area contributed by atoms with Gasteiger partial charge >= 0.3 is 17.2 Å². The van der Waals surface area contributed by atoms with Gasteiger partial charge in [0.2, 0.25) is 0 Å². The lowest BCUT2D eigenvalue weighted by molar-refractivity contribution is -0.0674. The topological polar surface area (TPSA) is 75.6 Å². The molecule has 2 heterocycles. The van der Waals surface area contributed by atoms with Crippen LogP contribution in [0.25, 0.3) is 0 Å². The van der Waals surface area contributed by atoms with Crippen LogP contribution in [0.4, 0.5) is 0 Å². The Hall–Kier alpha value is -3.02. The summed E-state index contributed by atoms with van der Waals surface area (Å²) in [5.74, 6) is 1.74. The Bertz CT molecular complexity index is 2610. The number of benzene rings is 4. The first-order valence-electron chi connectivity index (χ1n) is 27.3. The molecular weight excluding hydrogens is 955 g/mol. The van der Waals surface area contributed by atoms with Crippen molar-refractivity contribution in [3.63, 3.8) is 0 Å². The Kier molecular flexibility index (Phi) is 16.8. The predicted molar refractivity (Wildman–Crippen MR) is 313 cm³/mol. The average Bonchev–Trinajstić information content (AvgIpc) is 3.24. The maximum Gasteiger partial charge on any atom is 0.397 e. The molecule has 4 aromatic rings. The monoisotopic (exact) mass is 1050 g/mol. The standard InChI is InChI=1S/C65H98O7P2/c1-40(42-27-43(57(3,4)5)29-44(28-42)58(6,7)8)49-31-46(60(12,13)14)34-52(63(21,22)23)55(49)71-73-67-36-65(37-68-73)38-69-74(70-39-65)72-56-50(32-47(61(15,16)17)35-53(56)64(24,25)26)41(2)48-30-45(59(9,10)11)33-51(54(48)66)62(18,19)20/h27-35,40-41,66H,36-39H2,1-26H3. The molecule has 0 amide bonds. The molecule has 1 spiro atoms. The van der Waals surface area contributed by atoms with Crippen molar-refractivity contribution < 1.29 is 32.2 Å². The molecule has 1 N–H and O–H groups in total. The Morgan fingerprint density at radius 2 is 0.662 bits per heavy atom. The Labute approximate surface area is 453 Å². The van der Waals surface area contributed by atoms with E-state index in [0.29, 0.717) is 32.2 Å². The van der Waals surface area contributed by atoms with Gasteiger partial charge in [0.05, 0.1) is 31.8 Å². The Morgan fingerprint density at radius 1 is 0.378 bits per heavy atom. The first-order chi connectivity index (χ1) is 33.4. The predicted octanol–water partition coefficient (Wildman–Crippen LogP) is 19.1. The van der Waals surface area contributed by atoms with Gasteiger partial charge < -0.3 is 32.2 Å². The van der Waals surface area contributed by atoms with Gasteiger partial charge in [-0.1, -0.05) is 235 Å². The fourth-order valence-corrected chi connectivity index (χ4v) is 12.2. The van der Waals surface area contributed by atoms with Gasteiger partial charge in [0.25, 0.3) is 0 Å². The van der Waals surface area contributed by atoms with Gasteiger partial charge in [0, 0.05) is 39.7 Å². The summed E-state index contributed by atoms with van der Waals surface area (Å²) >= 11 is 0. The lowest BCUT2D eigenvalue weighted by Gasteiger charge is -2.42. The third-order valence-electron chi connectivity index (χ3n) is 15.2. The van der Waals surface area contributed by atoms with Crippen molar-refractivity contribution in [1.29, 1.82) is 0 Å². The second kappa shape index (κ2) is 20.7. The van der Waals surface area contributed by atoms with E-state index in [0.717, 1.165) is 44.9 Å². The highest BCUT2D eigenvalue weighted by Crippen LogP contribution is 2.58. The summed E-state index contributed by atoms with van der Waals surface area (Å²) in [6.45, 7) is 60.0. The molecule has 2 unspecified atom stereocenters. The number of hydrogen-bond donors (Lipinski definition) is 1. The zero-order chi connectivity index (χ0) is 55.9. The highest BCUT2D eigenvalue weighted by Gasteiger charge is 2.46. The fraction of sp³-hybridized carbons (Fsp3) is 0.631. The molecule has 2 atom stereocenters. The number of phenolic OH excluding ortho intramolecular Hbond substituents is 1. The van der Waals surface area contributed by atoms with Crippen molar-refractivity contribution in [2.75, 3.05) is 26.4 Å². The molecule has 2 fully saturated rings. The van der Waals surface area contributed by atoms with E-state index < -0.39 is 22.6 Å². The molecule has 9 heteroatoms. The lowest BCUT2D eigenvalue weighted by Crippen LogP contribution is -2.45. The van der Waals surface area contributed by atoms with Crippen LogP contribution in [-0.4, -0.2) is 31.5 Å². The van der Waals surface area contributed by atoms with Crippen molar-refractivity contribution in [2.45, 2.75) is 235 Å². The SMILES string of the molecule is CC(c1cc(C(C)(C)C)cc(C(C)(C)C)c1)c1cc(C(C)(C)C)cc(C(C)(C)C)c1OP1OCC2(CO1)COP(Oc1c(C(C)c3cc(C(C)(C)C)cc(C(C)(C)C)c3O)cc(C(C)(C)C)cc1C(C)(C)C)OC2. The number of aromatic hydroxyl groups is 1. The fourth-order valence-electron chi connectivity index (χ4n) is 9.57. The van der Waals surface area contributed by atoms with E-state index in [1.807, 2.05) is 0 Å². The van der Waals surface area contributed by atoms with Gasteiger partial charge in [-0.15, -0.1) is 0 Å². The molecule has 2 aliphatic heterocycles. The molecule has 2 aliphatic rings. The Balaban J connectivity index is 1.31. The minimum Gasteiger partial charge on any atom is -0.507 e. The van der Waals surface area contributed by atoms with Gasteiger partial charge in [0.1, 0.15) is 17.2 Å². The largest absolute Gasteiger partial charge is 0.507 e. The first-order valence-corrected chi connectivity index (χ1v) is 29.5. The number of rotatable bonds is 8. The quantitative estimate of drug-likeness (QED) is 0.176. The van der Waals surface area contributed by atoms with Crippen LogP contribution in [0, 0.1) is 5.41 Å². The number of phenols is 1. The molecule has 0 radical (unpaired) electrons. The zero-order valence-electron chi connectivity index (χ0n) is 51.0. The van der Waals surface area contributed by atoms with Crippen LogP contribution < -0.4 is 9.05 Å². The molecule has 410 valence electrons. The highest BCUT2D eigenvalue weighted by atomic mass is 31.2. The van der Waals surface area contributed by atoms with E-state index in [-0.39, 0.29) is 55.2 Å². The van der Waals surface area contributed by atoms with Gasteiger partial charge in [-0.2, -0.15) is 0 Å². The molecule has 2 saturated heterocycles. The molecule has 0 saturated carbocycles. The normalized spacial score (nSPS) is 20.7. The van der Waals surface area contributed by atoms with Gasteiger partial charge in [-0.25, -0.2) is 0 Å². The zero-order valence-corrected chi connectivity index (χ0v) is 52.8. The minimum absolute atomic E-state index is 0.0168. The van der Waals surface area contributed by atoms with Crippen LogP contribution in [0.15, 0.2) is 54.6 Å². The second-order valence-corrected chi connectivity index (χ2v) is 32.6. The molecule has 0 bridgehead atoms. The van der Waals surface area contributed by atoms with Crippen LogP contribution in [-0.2, 0) is 61.4 Å². The summed E-state index contributed by atoms with van der Waals surface area (Å²) in [5, 5.41) is 12.2. The maximum atomic E-state index is 12.2. The van der Waals surface area contributed by atoms with Crippen LogP contribution in [0.1, 0.15) is 259 Å². The first kappa shape index (κ1) is 60.2. The van der Waals surface area contributed by atoms with Gasteiger partial charge in [0.15, 0.2) is 0 Å². The summed E-state index contributed by atoms with van der Waals surface area (Å²) < 4.78 is 40.7. The van der Waals surface area contributed by atoms with E-state index in [9.17, 15) is 5.11 Å². The smallest absolute Gasteiger partial charge is 0.397 e. The van der Waals surface area contributed by atoms with Gasteiger partial charge in [-0.3, -0.25) is 0 Å². The van der Waals surface area contributed by atoms with E-state index in [2.05, 4.69) is 235 Å². The summed E-state index contributed by atoms with van der Waals surface area (Å²) in [5.41, 5.74) is 12.1. The highest BCUT2D eigenvalue weighted by molar-refractivity contribution is 7.42. The summed E-state index contributed by atoms with van der Waals surface area (Å²) in [7, 11) is -3.56. The van der Waals surface area contributed by atoms with E-state index >= 15 is 0 Å². The molecule has 0 aliphatic carbocycles. The summed E-state index contributed by atoms with van der Waals surface area (Å²) in [6, 6.07) is 20.9. The third-order valence-corrected chi connectivity index (χ3v) is 17.2. The molecule has 7 nitrogen and oxygen atoms in total. The molecule has 0 aromatic heterocycles. The maximum absolute atomic E-state index is 12.2. The van der Waals surface area contributed by atoms with Crippen molar-refractivity contribution in [1.82, 2.24) is 0 Å². The lowest BCUT2D eigenvalue weighted by atomic mass is 9.74. The molecular formula is C65H98O7P2. The minimum atomic E-state index is -1.80. The van der Waals surface area contributed by atoms with E-state index in [1.165, 1.54) is 33.4 Å².